The topological polar surface area (TPSA) is 102 Å². The van der Waals surface area contributed by atoms with Crippen LogP contribution in [0.5, 0.6) is 0 Å². The summed E-state index contributed by atoms with van der Waals surface area (Å²) in [6.45, 7) is 9.30. The second-order valence-electron chi connectivity index (χ2n) is 10.1. The lowest BCUT2D eigenvalue weighted by Crippen LogP contribution is -2.53. The number of thiophene rings is 1. The summed E-state index contributed by atoms with van der Waals surface area (Å²) >= 11 is 1.18. The van der Waals surface area contributed by atoms with Crippen molar-refractivity contribution in [1.82, 2.24) is 19.6 Å². The SMILES string of the molecule is Cc1c(CN(NC(C)(C)C)C(N)=O)sc2c1c(=O)n([C@H]1C[C@@H]1C)c(=O)n2CC1CC1(F)F. The molecule has 3 atom stereocenters. The molecule has 2 heterocycles. The van der Waals surface area contributed by atoms with Gasteiger partial charge >= 0.3 is 11.7 Å². The van der Waals surface area contributed by atoms with Gasteiger partial charge in [0.05, 0.1) is 11.9 Å². The Kier molecular flexibility index (Phi) is 5.28. The minimum absolute atomic E-state index is 0.0881. The molecule has 32 heavy (non-hydrogen) atoms. The lowest BCUT2D eigenvalue weighted by Gasteiger charge is -2.30. The summed E-state index contributed by atoms with van der Waals surface area (Å²) in [7, 11) is 0. The smallest absolute Gasteiger partial charge is 0.332 e. The van der Waals surface area contributed by atoms with Crippen LogP contribution in [0.1, 0.15) is 57.0 Å². The molecule has 0 aromatic carbocycles. The number of hydrogen-bond acceptors (Lipinski definition) is 5. The molecule has 0 radical (unpaired) electrons. The Morgan fingerprint density at radius 1 is 1.34 bits per heavy atom. The Balaban J connectivity index is 1.84. The van der Waals surface area contributed by atoms with Crippen LogP contribution in [0.4, 0.5) is 13.6 Å². The maximum atomic E-state index is 13.7. The van der Waals surface area contributed by atoms with Gasteiger partial charge in [0.2, 0.25) is 0 Å². The molecular weight excluding hydrogens is 440 g/mol. The fourth-order valence-electron chi connectivity index (χ4n) is 4.09. The van der Waals surface area contributed by atoms with Crippen molar-refractivity contribution in [2.24, 2.45) is 17.6 Å². The van der Waals surface area contributed by atoms with E-state index in [4.69, 9.17) is 5.73 Å². The van der Waals surface area contributed by atoms with E-state index in [1.165, 1.54) is 25.5 Å². The Morgan fingerprint density at radius 3 is 2.41 bits per heavy atom. The van der Waals surface area contributed by atoms with Crippen molar-refractivity contribution < 1.29 is 13.6 Å². The van der Waals surface area contributed by atoms with Gasteiger partial charge in [-0.2, -0.15) is 0 Å². The fourth-order valence-corrected chi connectivity index (χ4v) is 5.37. The van der Waals surface area contributed by atoms with Crippen LogP contribution < -0.4 is 22.4 Å². The van der Waals surface area contributed by atoms with Crippen LogP contribution >= 0.6 is 11.3 Å². The van der Waals surface area contributed by atoms with Gasteiger partial charge in [-0.3, -0.25) is 18.9 Å². The summed E-state index contributed by atoms with van der Waals surface area (Å²) in [4.78, 5) is 39.6. The number of aromatic nitrogens is 2. The Labute approximate surface area is 188 Å². The van der Waals surface area contributed by atoms with E-state index in [-0.39, 0.29) is 31.5 Å². The molecular formula is C21H29F2N5O3S. The van der Waals surface area contributed by atoms with E-state index >= 15 is 0 Å². The number of nitrogens with one attached hydrogen (secondary N) is 1. The molecule has 176 valence electrons. The van der Waals surface area contributed by atoms with E-state index in [9.17, 15) is 23.2 Å². The molecule has 2 fully saturated rings. The monoisotopic (exact) mass is 469 g/mol. The van der Waals surface area contributed by atoms with E-state index in [1.54, 1.807) is 6.92 Å². The number of nitrogens with two attached hydrogens (primary N) is 1. The molecule has 2 aliphatic carbocycles. The molecule has 0 spiro atoms. The fraction of sp³-hybridized carbons (Fsp3) is 0.667. The van der Waals surface area contributed by atoms with Crippen molar-refractivity contribution in [2.75, 3.05) is 0 Å². The van der Waals surface area contributed by atoms with Crippen LogP contribution in [0.3, 0.4) is 0 Å². The third kappa shape index (κ3) is 4.07. The minimum Gasteiger partial charge on any atom is -0.350 e. The van der Waals surface area contributed by atoms with Crippen LogP contribution in [0.25, 0.3) is 10.2 Å². The Bertz CT molecular complexity index is 1210. The first kappa shape index (κ1) is 22.9. The summed E-state index contributed by atoms with van der Waals surface area (Å²) in [6, 6.07) is -0.895. The van der Waals surface area contributed by atoms with E-state index < -0.39 is 34.7 Å². The van der Waals surface area contributed by atoms with Gasteiger partial charge in [-0.05, 0) is 45.6 Å². The van der Waals surface area contributed by atoms with Gasteiger partial charge in [0.15, 0.2) is 0 Å². The predicted octanol–water partition coefficient (Wildman–Crippen LogP) is 2.95. The maximum absolute atomic E-state index is 13.7. The van der Waals surface area contributed by atoms with Gasteiger partial charge in [0.1, 0.15) is 4.83 Å². The molecule has 2 aromatic rings. The number of rotatable bonds is 6. The lowest BCUT2D eigenvalue weighted by atomic mass is 10.1. The van der Waals surface area contributed by atoms with Gasteiger partial charge in [0, 0.05) is 35.3 Å². The molecule has 0 aliphatic heterocycles. The van der Waals surface area contributed by atoms with E-state index in [2.05, 4.69) is 5.43 Å². The molecule has 3 N–H and O–H groups in total. The number of urea groups is 1. The molecule has 0 saturated heterocycles. The second-order valence-corrected chi connectivity index (χ2v) is 11.2. The highest BCUT2D eigenvalue weighted by Crippen LogP contribution is 2.50. The van der Waals surface area contributed by atoms with Crippen molar-refractivity contribution in [3.63, 3.8) is 0 Å². The van der Waals surface area contributed by atoms with Crippen LogP contribution in [0, 0.1) is 18.8 Å². The number of carbonyl (C=O) groups is 1. The molecule has 8 nitrogen and oxygen atoms in total. The van der Waals surface area contributed by atoms with Gasteiger partial charge in [-0.25, -0.2) is 23.8 Å². The molecule has 11 heteroatoms. The summed E-state index contributed by atoms with van der Waals surface area (Å²) in [5.41, 5.74) is 7.83. The molecule has 2 aromatic heterocycles. The number of amides is 2. The summed E-state index contributed by atoms with van der Waals surface area (Å²) in [5.74, 6) is -3.51. The van der Waals surface area contributed by atoms with Crippen LogP contribution in [-0.2, 0) is 13.1 Å². The summed E-state index contributed by atoms with van der Waals surface area (Å²) in [5, 5.41) is 1.62. The Morgan fingerprint density at radius 2 is 1.94 bits per heavy atom. The first-order valence-corrected chi connectivity index (χ1v) is 11.5. The zero-order valence-electron chi connectivity index (χ0n) is 18.9. The number of hydrazine groups is 1. The zero-order valence-corrected chi connectivity index (χ0v) is 19.7. The molecule has 2 amide bonds. The first-order chi connectivity index (χ1) is 14.7. The molecule has 0 bridgehead atoms. The Hall–Kier alpha value is -2.27. The number of alkyl halides is 2. The first-order valence-electron chi connectivity index (χ1n) is 10.7. The molecule has 1 unspecified atom stereocenters. The predicted molar refractivity (Wildman–Crippen MR) is 119 cm³/mol. The highest BCUT2D eigenvalue weighted by atomic mass is 32.1. The summed E-state index contributed by atoms with van der Waals surface area (Å²) < 4.78 is 29.9. The molecule has 2 saturated carbocycles. The average Bonchev–Trinajstić information content (AvgIpc) is 3.47. The average molecular weight is 470 g/mol. The van der Waals surface area contributed by atoms with Gasteiger partial charge < -0.3 is 5.73 Å². The normalized spacial score (nSPS) is 24.0. The standard InChI is InChI=1S/C21H29F2N5O3S/c1-10-6-13(10)28-16(29)15-11(2)14(9-27(18(24)30)25-20(3,4)5)32-17(15)26(19(28)31)8-12-7-21(12,22)23/h10,12-13,25H,6-9H2,1-5H3,(H2,24,30)/t10-,12?,13-/m0/s1. The van der Waals surface area contributed by atoms with E-state index in [1.807, 2.05) is 27.7 Å². The second kappa shape index (κ2) is 7.38. The van der Waals surface area contributed by atoms with Crippen molar-refractivity contribution in [1.29, 1.82) is 0 Å². The number of primary amides is 1. The number of carbonyl (C=O) groups excluding carboxylic acids is 1. The third-order valence-corrected chi connectivity index (χ3v) is 7.44. The molecule has 2 aliphatic rings. The number of hydrogen-bond donors (Lipinski definition) is 2. The number of nitrogens with zero attached hydrogens (tertiary/aromatic N) is 3. The maximum Gasteiger partial charge on any atom is 0.332 e. The van der Waals surface area contributed by atoms with Gasteiger partial charge in [-0.15, -0.1) is 11.3 Å². The number of halogens is 2. The largest absolute Gasteiger partial charge is 0.350 e. The van der Waals surface area contributed by atoms with Crippen LogP contribution in [0.2, 0.25) is 0 Å². The van der Waals surface area contributed by atoms with Crippen molar-refractivity contribution in [3.8, 4) is 0 Å². The van der Waals surface area contributed by atoms with Gasteiger partial charge in [0.25, 0.3) is 11.5 Å². The number of aryl methyl sites for hydroxylation is 1. The summed E-state index contributed by atoms with van der Waals surface area (Å²) in [6.07, 6.45) is 0.448. The highest BCUT2D eigenvalue weighted by Gasteiger charge is 2.57. The van der Waals surface area contributed by atoms with E-state index in [0.29, 0.717) is 27.1 Å². The van der Waals surface area contributed by atoms with Gasteiger partial charge in [-0.1, -0.05) is 6.92 Å². The van der Waals surface area contributed by atoms with Crippen molar-refractivity contribution >= 4 is 27.6 Å². The quantitative estimate of drug-likeness (QED) is 0.635. The zero-order chi connectivity index (χ0) is 23.7. The molecule has 4 rings (SSSR count). The van der Waals surface area contributed by atoms with Crippen molar-refractivity contribution in [2.45, 2.75) is 78.1 Å². The minimum atomic E-state index is -2.78. The third-order valence-electron chi connectivity index (χ3n) is 6.14. The van der Waals surface area contributed by atoms with E-state index in [0.717, 1.165) is 0 Å². The van der Waals surface area contributed by atoms with Crippen LogP contribution in [-0.4, -0.2) is 31.6 Å². The highest BCUT2D eigenvalue weighted by molar-refractivity contribution is 7.18. The number of fused-ring (bicyclic) bond motifs is 1. The van der Waals surface area contributed by atoms with Crippen molar-refractivity contribution in [3.05, 3.63) is 31.3 Å². The van der Waals surface area contributed by atoms with Crippen LogP contribution in [0.15, 0.2) is 9.59 Å². The lowest BCUT2D eigenvalue weighted by molar-refractivity contribution is 0.0950.